The van der Waals surface area contributed by atoms with Crippen molar-refractivity contribution in [3.05, 3.63) is 48.6 Å². The fourth-order valence-electron chi connectivity index (χ4n) is 2.37. The molecule has 0 unspecified atom stereocenters. The van der Waals surface area contributed by atoms with E-state index in [1.54, 1.807) is 53.2 Å². The molecular weight excluding hydrogens is 332 g/mol. The number of nitrogens with zero attached hydrogens (tertiary/aromatic N) is 2. The quantitative estimate of drug-likeness (QED) is 0.603. The molecule has 138 valence electrons. The SMILES string of the molecule is CCOC(=O)/C=C(\C)c1cc(-c2ccncc2)cn1C(=O)OC(C)(C)C. The maximum absolute atomic E-state index is 12.6. The zero-order chi connectivity index (χ0) is 19.3. The summed E-state index contributed by atoms with van der Waals surface area (Å²) in [6, 6.07) is 5.54. The van der Waals surface area contributed by atoms with Gasteiger partial charge in [0, 0.05) is 30.2 Å². The highest BCUT2D eigenvalue weighted by Gasteiger charge is 2.21. The first-order valence-corrected chi connectivity index (χ1v) is 8.43. The van der Waals surface area contributed by atoms with Crippen molar-refractivity contribution >= 4 is 17.6 Å². The lowest BCUT2D eigenvalue weighted by molar-refractivity contribution is -0.137. The Hall–Kier alpha value is -2.89. The Bertz CT molecular complexity index is 814. The number of rotatable bonds is 4. The Balaban J connectivity index is 2.48. The monoisotopic (exact) mass is 356 g/mol. The van der Waals surface area contributed by atoms with Crippen molar-refractivity contribution in [1.29, 1.82) is 0 Å². The number of hydrogen-bond acceptors (Lipinski definition) is 5. The summed E-state index contributed by atoms with van der Waals surface area (Å²) in [4.78, 5) is 28.4. The number of allylic oxidation sites excluding steroid dienone is 1. The van der Waals surface area contributed by atoms with Crippen molar-refractivity contribution in [2.75, 3.05) is 6.61 Å². The van der Waals surface area contributed by atoms with Gasteiger partial charge in [0.25, 0.3) is 0 Å². The third-order valence-electron chi connectivity index (χ3n) is 3.45. The van der Waals surface area contributed by atoms with Crippen LogP contribution in [0.15, 0.2) is 42.9 Å². The molecule has 0 aliphatic rings. The summed E-state index contributed by atoms with van der Waals surface area (Å²) in [5, 5.41) is 0. The number of esters is 1. The van der Waals surface area contributed by atoms with Gasteiger partial charge >= 0.3 is 12.1 Å². The normalized spacial score (nSPS) is 12.0. The molecule has 0 aliphatic heterocycles. The Morgan fingerprint density at radius 1 is 1.19 bits per heavy atom. The molecule has 2 aromatic heterocycles. The smallest absolute Gasteiger partial charge is 0.418 e. The molecule has 0 aromatic carbocycles. The molecule has 0 N–H and O–H groups in total. The van der Waals surface area contributed by atoms with Crippen LogP contribution in [0.4, 0.5) is 4.79 Å². The summed E-state index contributed by atoms with van der Waals surface area (Å²) < 4.78 is 11.9. The molecule has 2 heterocycles. The average Bonchev–Trinajstić information content (AvgIpc) is 3.00. The molecule has 0 aliphatic carbocycles. The van der Waals surface area contributed by atoms with E-state index in [-0.39, 0.29) is 6.61 Å². The molecule has 6 nitrogen and oxygen atoms in total. The van der Waals surface area contributed by atoms with Gasteiger partial charge in [-0.05, 0) is 64.0 Å². The van der Waals surface area contributed by atoms with E-state index in [9.17, 15) is 9.59 Å². The van der Waals surface area contributed by atoms with Crippen LogP contribution in [0, 0.1) is 0 Å². The second-order valence-corrected chi connectivity index (χ2v) is 6.78. The highest BCUT2D eigenvalue weighted by molar-refractivity contribution is 5.92. The van der Waals surface area contributed by atoms with E-state index < -0.39 is 17.7 Å². The van der Waals surface area contributed by atoms with Gasteiger partial charge in [-0.15, -0.1) is 0 Å². The topological polar surface area (TPSA) is 70.4 Å². The van der Waals surface area contributed by atoms with E-state index in [0.717, 1.165) is 11.1 Å². The van der Waals surface area contributed by atoms with Crippen LogP contribution in [0.25, 0.3) is 16.7 Å². The largest absolute Gasteiger partial charge is 0.463 e. The standard InChI is InChI=1S/C20H24N2O4/c1-6-25-18(23)11-14(2)17-12-16(15-7-9-21-10-8-15)13-22(17)19(24)26-20(3,4)5/h7-13H,6H2,1-5H3/b14-11+. The number of carbonyl (C=O) groups excluding carboxylic acids is 2. The summed E-state index contributed by atoms with van der Waals surface area (Å²) in [5.74, 6) is -0.451. The molecule has 6 heteroatoms. The lowest BCUT2D eigenvalue weighted by Gasteiger charge is -2.20. The summed E-state index contributed by atoms with van der Waals surface area (Å²) >= 11 is 0. The van der Waals surface area contributed by atoms with Crippen LogP contribution in [0.3, 0.4) is 0 Å². The maximum Gasteiger partial charge on any atom is 0.418 e. The van der Waals surface area contributed by atoms with Crippen molar-refractivity contribution < 1.29 is 19.1 Å². The molecule has 0 fully saturated rings. The molecule has 0 spiro atoms. The number of aromatic nitrogens is 2. The lowest BCUT2D eigenvalue weighted by atomic mass is 10.1. The van der Waals surface area contributed by atoms with Crippen molar-refractivity contribution in [2.45, 2.75) is 40.2 Å². The van der Waals surface area contributed by atoms with Gasteiger partial charge in [0.15, 0.2) is 0 Å². The summed E-state index contributed by atoms with van der Waals surface area (Å²) in [6.07, 6.45) is 5.92. The fraction of sp³-hybridized carbons (Fsp3) is 0.350. The van der Waals surface area contributed by atoms with Crippen molar-refractivity contribution in [3.63, 3.8) is 0 Å². The lowest BCUT2D eigenvalue weighted by Crippen LogP contribution is -2.27. The molecule has 0 atom stereocenters. The highest BCUT2D eigenvalue weighted by Crippen LogP contribution is 2.26. The van der Waals surface area contributed by atoms with Crippen LogP contribution in [0.5, 0.6) is 0 Å². The van der Waals surface area contributed by atoms with Gasteiger partial charge in [-0.2, -0.15) is 0 Å². The molecule has 2 aromatic rings. The Morgan fingerprint density at radius 2 is 1.85 bits per heavy atom. The van der Waals surface area contributed by atoms with E-state index in [0.29, 0.717) is 11.3 Å². The van der Waals surface area contributed by atoms with E-state index in [1.165, 1.54) is 10.6 Å². The third kappa shape index (κ3) is 5.05. The minimum absolute atomic E-state index is 0.290. The number of carbonyl (C=O) groups is 2. The van der Waals surface area contributed by atoms with Crippen molar-refractivity contribution in [2.24, 2.45) is 0 Å². The predicted molar refractivity (Wildman–Crippen MR) is 99.6 cm³/mol. The third-order valence-corrected chi connectivity index (χ3v) is 3.45. The van der Waals surface area contributed by atoms with E-state index in [4.69, 9.17) is 9.47 Å². The Kier molecular flexibility index (Phi) is 5.97. The van der Waals surface area contributed by atoms with E-state index in [1.807, 2.05) is 18.2 Å². The molecule has 0 saturated carbocycles. The van der Waals surface area contributed by atoms with Gasteiger partial charge < -0.3 is 9.47 Å². The first-order valence-electron chi connectivity index (χ1n) is 8.43. The number of hydrogen-bond donors (Lipinski definition) is 0. The van der Waals surface area contributed by atoms with Crippen LogP contribution in [0.1, 0.15) is 40.3 Å². The Labute approximate surface area is 153 Å². The maximum atomic E-state index is 12.6. The second kappa shape index (κ2) is 7.99. The van der Waals surface area contributed by atoms with Gasteiger partial charge in [-0.3, -0.25) is 9.55 Å². The van der Waals surface area contributed by atoms with Crippen LogP contribution in [-0.2, 0) is 14.3 Å². The van der Waals surface area contributed by atoms with Crippen LogP contribution < -0.4 is 0 Å². The number of ether oxygens (including phenoxy) is 2. The van der Waals surface area contributed by atoms with Gasteiger partial charge in [-0.1, -0.05) is 0 Å². The molecule has 0 bridgehead atoms. The summed E-state index contributed by atoms with van der Waals surface area (Å²) in [6.45, 7) is 9.20. The minimum atomic E-state index is -0.631. The van der Waals surface area contributed by atoms with Crippen LogP contribution >= 0.6 is 0 Å². The molecule has 2 rings (SSSR count). The van der Waals surface area contributed by atoms with Gasteiger partial charge in [-0.25, -0.2) is 9.59 Å². The van der Waals surface area contributed by atoms with E-state index in [2.05, 4.69) is 4.98 Å². The zero-order valence-corrected chi connectivity index (χ0v) is 15.8. The second-order valence-electron chi connectivity index (χ2n) is 6.78. The summed E-state index contributed by atoms with van der Waals surface area (Å²) in [7, 11) is 0. The van der Waals surface area contributed by atoms with E-state index >= 15 is 0 Å². The Morgan fingerprint density at radius 3 is 2.42 bits per heavy atom. The van der Waals surface area contributed by atoms with Crippen molar-refractivity contribution in [3.8, 4) is 11.1 Å². The van der Waals surface area contributed by atoms with Crippen molar-refractivity contribution in [1.82, 2.24) is 9.55 Å². The predicted octanol–water partition coefficient (Wildman–Crippen LogP) is 4.30. The molecule has 0 radical (unpaired) electrons. The molecule has 0 saturated heterocycles. The summed E-state index contributed by atoms with van der Waals surface area (Å²) in [5.41, 5.74) is 2.28. The number of pyridine rings is 1. The average molecular weight is 356 g/mol. The first-order chi connectivity index (χ1) is 12.2. The van der Waals surface area contributed by atoms with Gasteiger partial charge in [0.1, 0.15) is 5.60 Å². The zero-order valence-electron chi connectivity index (χ0n) is 15.8. The minimum Gasteiger partial charge on any atom is -0.463 e. The first kappa shape index (κ1) is 19.4. The van der Waals surface area contributed by atoms with Crippen LogP contribution in [-0.4, -0.2) is 33.8 Å². The fourth-order valence-corrected chi connectivity index (χ4v) is 2.37. The highest BCUT2D eigenvalue weighted by atomic mass is 16.6. The molecular formula is C20H24N2O4. The molecule has 0 amide bonds. The molecule has 26 heavy (non-hydrogen) atoms. The van der Waals surface area contributed by atoms with Gasteiger partial charge in [0.2, 0.25) is 0 Å². The van der Waals surface area contributed by atoms with Crippen LogP contribution in [0.2, 0.25) is 0 Å². The van der Waals surface area contributed by atoms with Gasteiger partial charge in [0.05, 0.1) is 12.3 Å².